The fourth-order valence-corrected chi connectivity index (χ4v) is 3.91. The van der Waals surface area contributed by atoms with Crippen molar-refractivity contribution in [3.8, 4) is 0 Å². The summed E-state index contributed by atoms with van der Waals surface area (Å²) < 4.78 is 0. The van der Waals surface area contributed by atoms with Crippen LogP contribution >= 0.6 is 0 Å². The van der Waals surface area contributed by atoms with E-state index in [1.807, 2.05) is 6.21 Å². The predicted molar refractivity (Wildman–Crippen MR) is 143 cm³/mol. The molecule has 0 aliphatic heterocycles. The summed E-state index contributed by atoms with van der Waals surface area (Å²) >= 11 is 0. The normalized spacial score (nSPS) is 11.7. The molecule has 2 nitrogen and oxygen atoms in total. The number of aliphatic imine (C=N–C) groups is 2. The van der Waals surface area contributed by atoms with Crippen LogP contribution < -0.4 is 0 Å². The van der Waals surface area contributed by atoms with Crippen LogP contribution in [0.1, 0.15) is 103 Å². The summed E-state index contributed by atoms with van der Waals surface area (Å²) in [5, 5.41) is 0. The molecule has 0 amide bonds. The van der Waals surface area contributed by atoms with E-state index < -0.39 is 0 Å². The zero-order chi connectivity index (χ0) is 22.9. The summed E-state index contributed by atoms with van der Waals surface area (Å²) in [5.74, 6) is 0. The topological polar surface area (TPSA) is 24.7 Å². The van der Waals surface area contributed by atoms with Crippen molar-refractivity contribution in [3.63, 3.8) is 0 Å². The van der Waals surface area contributed by atoms with E-state index in [1.54, 1.807) is 0 Å². The molecule has 0 N–H and O–H groups in total. The van der Waals surface area contributed by atoms with Crippen LogP contribution in [-0.4, -0.2) is 11.9 Å². The van der Waals surface area contributed by atoms with Crippen LogP contribution in [0.2, 0.25) is 0 Å². The summed E-state index contributed by atoms with van der Waals surface area (Å²) in [7, 11) is 0. The van der Waals surface area contributed by atoms with Crippen LogP contribution in [0.15, 0.2) is 58.5 Å². The minimum absolute atomic E-state index is 0. The van der Waals surface area contributed by atoms with Crippen molar-refractivity contribution in [1.29, 1.82) is 0 Å². The maximum atomic E-state index is 4.98. The molecule has 0 saturated heterocycles. The van der Waals surface area contributed by atoms with Crippen molar-refractivity contribution < 1.29 is 16.5 Å². The van der Waals surface area contributed by atoms with Gasteiger partial charge >= 0.3 is 0 Å². The Kier molecular flexibility index (Phi) is 16.6. The predicted octanol–water partition coefficient (Wildman–Crippen LogP) is 9.59. The maximum absolute atomic E-state index is 4.98. The number of rotatable bonds is 16. The SMILES string of the molecule is CCCCCCc1cccc(N=CC(CCCC)=Nc2cccc(CCCCCC)c2)c1.[Ni]. The Morgan fingerprint density at radius 1 is 0.667 bits per heavy atom. The summed E-state index contributed by atoms with van der Waals surface area (Å²) in [6.45, 7) is 6.75. The minimum atomic E-state index is 0. The molecule has 184 valence electrons. The minimum Gasteiger partial charge on any atom is -0.255 e. The van der Waals surface area contributed by atoms with Crippen molar-refractivity contribution in [3.05, 3.63) is 59.7 Å². The Bertz CT molecular complexity index is 826. The molecule has 0 aromatic heterocycles. The van der Waals surface area contributed by atoms with Gasteiger partial charge in [-0.2, -0.15) is 0 Å². The molecule has 0 fully saturated rings. The molecule has 0 atom stereocenters. The van der Waals surface area contributed by atoms with E-state index in [-0.39, 0.29) is 16.5 Å². The molecular weight excluding hydrogens is 447 g/mol. The van der Waals surface area contributed by atoms with Gasteiger partial charge in [-0.25, -0.2) is 0 Å². The Morgan fingerprint density at radius 2 is 1.21 bits per heavy atom. The van der Waals surface area contributed by atoms with Crippen LogP contribution in [0.3, 0.4) is 0 Å². The quantitative estimate of drug-likeness (QED) is 0.127. The third-order valence-electron chi connectivity index (χ3n) is 5.88. The number of unbranched alkanes of at least 4 members (excludes halogenated alkanes) is 7. The van der Waals surface area contributed by atoms with E-state index >= 15 is 0 Å². The molecule has 0 spiro atoms. The van der Waals surface area contributed by atoms with Gasteiger partial charge in [0, 0.05) is 22.7 Å². The fourth-order valence-electron chi connectivity index (χ4n) is 3.91. The van der Waals surface area contributed by atoms with Gasteiger partial charge in [-0.3, -0.25) is 9.98 Å². The van der Waals surface area contributed by atoms with Gasteiger partial charge in [0.25, 0.3) is 0 Å². The van der Waals surface area contributed by atoms with Gasteiger partial charge in [-0.05, 0) is 73.9 Å². The molecule has 0 radical (unpaired) electrons. The van der Waals surface area contributed by atoms with Gasteiger partial charge in [0.1, 0.15) is 0 Å². The first-order chi connectivity index (χ1) is 15.7. The third kappa shape index (κ3) is 12.9. The van der Waals surface area contributed by atoms with E-state index in [4.69, 9.17) is 9.98 Å². The Balaban J connectivity index is 0.00000544. The third-order valence-corrected chi connectivity index (χ3v) is 5.88. The number of benzene rings is 2. The largest absolute Gasteiger partial charge is 0.255 e. The maximum Gasteiger partial charge on any atom is 0.0636 e. The van der Waals surface area contributed by atoms with Gasteiger partial charge in [0.2, 0.25) is 0 Å². The molecule has 0 bridgehead atoms. The standard InChI is InChI=1S/C30H44N2.Ni/c1-4-7-10-12-16-26-18-14-21-28(23-26)31-25-30(20-9-6-3)32-29-22-15-19-27(24-29)17-13-11-8-5-2;/h14-15,18-19,21-25H,4-13,16-17,20H2,1-3H3;. The summed E-state index contributed by atoms with van der Waals surface area (Å²) in [5.41, 5.74) is 5.94. The van der Waals surface area contributed by atoms with E-state index in [9.17, 15) is 0 Å². The molecule has 2 aromatic rings. The van der Waals surface area contributed by atoms with Crippen molar-refractivity contribution in [1.82, 2.24) is 0 Å². The summed E-state index contributed by atoms with van der Waals surface area (Å²) in [6.07, 6.45) is 17.9. The second kappa shape index (κ2) is 18.7. The number of nitrogens with zero attached hydrogens (tertiary/aromatic N) is 2. The molecule has 0 unspecified atom stereocenters. The second-order valence-corrected chi connectivity index (χ2v) is 8.93. The summed E-state index contributed by atoms with van der Waals surface area (Å²) in [4.78, 5) is 9.77. The molecule has 2 rings (SSSR count). The zero-order valence-corrected chi connectivity index (χ0v) is 22.1. The van der Waals surface area contributed by atoms with Gasteiger partial charge in [0.15, 0.2) is 0 Å². The zero-order valence-electron chi connectivity index (χ0n) is 21.1. The average molecular weight is 491 g/mol. The molecule has 33 heavy (non-hydrogen) atoms. The molecule has 0 heterocycles. The molecule has 3 heteroatoms. The Labute approximate surface area is 213 Å². The smallest absolute Gasteiger partial charge is 0.0636 e. The molecule has 0 aliphatic carbocycles. The van der Waals surface area contributed by atoms with Crippen LogP contribution in [-0.2, 0) is 29.3 Å². The van der Waals surface area contributed by atoms with E-state index in [0.29, 0.717) is 0 Å². The molecular formula is C30H44N2Ni. The van der Waals surface area contributed by atoms with Crippen molar-refractivity contribution in [2.45, 2.75) is 104 Å². The molecule has 0 aliphatic rings. The van der Waals surface area contributed by atoms with Crippen LogP contribution in [0.5, 0.6) is 0 Å². The number of hydrogen-bond donors (Lipinski definition) is 0. The van der Waals surface area contributed by atoms with Crippen molar-refractivity contribution in [2.24, 2.45) is 9.98 Å². The first-order valence-corrected chi connectivity index (χ1v) is 13.0. The van der Waals surface area contributed by atoms with E-state index in [2.05, 4.69) is 69.3 Å². The van der Waals surface area contributed by atoms with Crippen LogP contribution in [0.25, 0.3) is 0 Å². The molecule has 0 saturated carbocycles. The molecule has 2 aromatic carbocycles. The number of aryl methyl sites for hydroxylation is 2. The fraction of sp³-hybridized carbons (Fsp3) is 0.533. The van der Waals surface area contributed by atoms with Crippen LogP contribution in [0.4, 0.5) is 11.4 Å². The van der Waals surface area contributed by atoms with Crippen molar-refractivity contribution >= 4 is 23.3 Å². The first kappa shape index (κ1) is 29.3. The van der Waals surface area contributed by atoms with Gasteiger partial charge in [-0.1, -0.05) is 90.0 Å². The van der Waals surface area contributed by atoms with Crippen LogP contribution in [0, 0.1) is 0 Å². The van der Waals surface area contributed by atoms with Gasteiger partial charge in [-0.15, -0.1) is 0 Å². The average Bonchev–Trinajstić information content (AvgIpc) is 2.82. The Morgan fingerprint density at radius 3 is 1.79 bits per heavy atom. The van der Waals surface area contributed by atoms with E-state index in [0.717, 1.165) is 49.2 Å². The first-order valence-electron chi connectivity index (χ1n) is 13.0. The monoisotopic (exact) mass is 490 g/mol. The number of hydrogen-bond acceptors (Lipinski definition) is 2. The van der Waals surface area contributed by atoms with E-state index in [1.165, 1.54) is 62.5 Å². The van der Waals surface area contributed by atoms with Gasteiger partial charge < -0.3 is 0 Å². The van der Waals surface area contributed by atoms with Gasteiger partial charge in [0.05, 0.1) is 17.1 Å². The summed E-state index contributed by atoms with van der Waals surface area (Å²) in [6, 6.07) is 17.4. The van der Waals surface area contributed by atoms with Crippen molar-refractivity contribution in [2.75, 3.05) is 0 Å². The second-order valence-electron chi connectivity index (χ2n) is 8.93. The Hall–Kier alpha value is -1.73.